The zero-order valence-electron chi connectivity index (χ0n) is 11.3. The van der Waals surface area contributed by atoms with Crippen LogP contribution < -0.4 is 0 Å². The largest absolute Gasteiger partial charge is 0.465 e. The number of ether oxygens (including phenoxy) is 1. The average molecular weight is 259 g/mol. The smallest absolute Gasteiger partial charge is 0.321 e. The van der Waals surface area contributed by atoms with Crippen LogP contribution in [0.4, 0.5) is 0 Å². The van der Waals surface area contributed by atoms with Gasteiger partial charge in [-0.3, -0.25) is 9.89 Å². The molecule has 19 heavy (non-hydrogen) atoms. The number of hydrogen-bond acceptors (Lipinski definition) is 4. The number of carbonyl (C=O) groups excluding carboxylic acids is 1. The molecular weight excluding hydrogens is 242 g/mol. The number of benzene rings is 1. The summed E-state index contributed by atoms with van der Waals surface area (Å²) in [6, 6.07) is 7.74. The molecule has 1 heterocycles. The van der Waals surface area contributed by atoms with Crippen molar-refractivity contribution in [3.05, 3.63) is 47.0 Å². The number of rotatable bonds is 4. The van der Waals surface area contributed by atoms with Gasteiger partial charge in [-0.15, -0.1) is 0 Å². The van der Waals surface area contributed by atoms with E-state index in [0.717, 1.165) is 11.1 Å². The molecule has 0 amide bonds. The highest BCUT2D eigenvalue weighted by molar-refractivity contribution is 5.81. The molecule has 5 heteroatoms. The third-order valence-electron chi connectivity index (χ3n) is 2.77. The molecule has 1 aromatic carbocycles. The molecule has 100 valence electrons. The van der Waals surface area contributed by atoms with E-state index in [1.54, 1.807) is 13.8 Å². The van der Waals surface area contributed by atoms with Crippen molar-refractivity contribution >= 4 is 5.97 Å². The van der Waals surface area contributed by atoms with Crippen molar-refractivity contribution in [2.75, 3.05) is 6.61 Å². The molecule has 5 nitrogen and oxygen atoms in total. The van der Waals surface area contributed by atoms with E-state index in [4.69, 9.17) is 4.74 Å². The molecule has 0 saturated carbocycles. The molecule has 2 rings (SSSR count). The summed E-state index contributed by atoms with van der Waals surface area (Å²) in [6.07, 6.45) is 0. The van der Waals surface area contributed by atoms with Gasteiger partial charge in [0.1, 0.15) is 11.7 Å². The van der Waals surface area contributed by atoms with Crippen LogP contribution in [0.25, 0.3) is 0 Å². The minimum Gasteiger partial charge on any atom is -0.465 e. The Labute approximate surface area is 112 Å². The first-order valence-electron chi connectivity index (χ1n) is 6.24. The standard InChI is InChI=1S/C14H17N3O2/c1-4-19-14(18)12(13-15-10(3)16-17-13)11-7-5-6-9(2)8-11/h5-8,12H,4H2,1-3H3,(H,15,16,17). The van der Waals surface area contributed by atoms with Crippen LogP contribution in [0.3, 0.4) is 0 Å². The molecule has 0 bridgehead atoms. The van der Waals surface area contributed by atoms with Gasteiger partial charge in [0.2, 0.25) is 0 Å². The van der Waals surface area contributed by atoms with E-state index in [2.05, 4.69) is 15.2 Å². The first-order valence-corrected chi connectivity index (χ1v) is 6.24. The molecular formula is C14H17N3O2. The Morgan fingerprint density at radius 2 is 2.21 bits per heavy atom. The Morgan fingerprint density at radius 1 is 1.42 bits per heavy atom. The lowest BCUT2D eigenvalue weighted by molar-refractivity contribution is -0.144. The molecule has 0 saturated heterocycles. The van der Waals surface area contributed by atoms with Crippen LogP contribution in [0.2, 0.25) is 0 Å². The van der Waals surface area contributed by atoms with Crippen LogP contribution in [0.1, 0.15) is 35.6 Å². The van der Waals surface area contributed by atoms with Crippen molar-refractivity contribution in [1.82, 2.24) is 15.2 Å². The summed E-state index contributed by atoms with van der Waals surface area (Å²) in [5.41, 5.74) is 1.93. The van der Waals surface area contributed by atoms with Gasteiger partial charge in [0.05, 0.1) is 6.61 Å². The number of carbonyl (C=O) groups is 1. The molecule has 0 aliphatic rings. The van der Waals surface area contributed by atoms with Crippen LogP contribution >= 0.6 is 0 Å². The van der Waals surface area contributed by atoms with Crippen molar-refractivity contribution in [2.45, 2.75) is 26.7 Å². The molecule has 1 unspecified atom stereocenters. The quantitative estimate of drug-likeness (QED) is 0.854. The van der Waals surface area contributed by atoms with Crippen LogP contribution in [-0.2, 0) is 9.53 Å². The molecule has 0 fully saturated rings. The molecule has 1 N–H and O–H groups in total. The topological polar surface area (TPSA) is 67.9 Å². The van der Waals surface area contributed by atoms with Crippen molar-refractivity contribution in [2.24, 2.45) is 0 Å². The first-order chi connectivity index (χ1) is 9.11. The number of H-pyrrole nitrogens is 1. The van der Waals surface area contributed by atoms with E-state index in [-0.39, 0.29) is 5.97 Å². The maximum absolute atomic E-state index is 12.1. The van der Waals surface area contributed by atoms with Crippen molar-refractivity contribution < 1.29 is 9.53 Å². The predicted octanol–water partition coefficient (Wildman–Crippen LogP) is 2.12. The summed E-state index contributed by atoms with van der Waals surface area (Å²) in [4.78, 5) is 16.4. The van der Waals surface area contributed by atoms with Gasteiger partial charge in [-0.2, -0.15) is 5.10 Å². The lowest BCUT2D eigenvalue weighted by atomic mass is 9.97. The number of aromatic amines is 1. The van der Waals surface area contributed by atoms with Crippen molar-refractivity contribution in [1.29, 1.82) is 0 Å². The fourth-order valence-corrected chi connectivity index (χ4v) is 1.95. The lowest BCUT2D eigenvalue weighted by Gasteiger charge is -2.13. The Balaban J connectivity index is 2.42. The molecule has 1 aromatic heterocycles. The van der Waals surface area contributed by atoms with E-state index < -0.39 is 5.92 Å². The number of nitrogens with zero attached hydrogens (tertiary/aromatic N) is 2. The minimum atomic E-state index is -0.579. The van der Waals surface area contributed by atoms with Gasteiger partial charge in [0.15, 0.2) is 5.82 Å². The average Bonchev–Trinajstić information content (AvgIpc) is 2.76. The van der Waals surface area contributed by atoms with Crippen LogP contribution in [0.5, 0.6) is 0 Å². The van der Waals surface area contributed by atoms with E-state index in [1.165, 1.54) is 0 Å². The zero-order chi connectivity index (χ0) is 13.8. The predicted molar refractivity (Wildman–Crippen MR) is 70.8 cm³/mol. The fraction of sp³-hybridized carbons (Fsp3) is 0.357. The minimum absolute atomic E-state index is 0.327. The van der Waals surface area contributed by atoms with E-state index in [0.29, 0.717) is 18.3 Å². The highest BCUT2D eigenvalue weighted by atomic mass is 16.5. The van der Waals surface area contributed by atoms with Gasteiger partial charge >= 0.3 is 5.97 Å². The summed E-state index contributed by atoms with van der Waals surface area (Å²) in [5.74, 6) is 0.218. The second-order valence-electron chi connectivity index (χ2n) is 4.38. The highest BCUT2D eigenvalue weighted by Crippen LogP contribution is 2.24. The molecule has 0 aliphatic carbocycles. The highest BCUT2D eigenvalue weighted by Gasteiger charge is 2.28. The van der Waals surface area contributed by atoms with Gasteiger partial charge < -0.3 is 4.74 Å². The number of esters is 1. The normalized spacial score (nSPS) is 12.2. The molecule has 1 atom stereocenters. The zero-order valence-corrected chi connectivity index (χ0v) is 11.3. The third-order valence-corrected chi connectivity index (χ3v) is 2.77. The Bertz CT molecular complexity index is 578. The summed E-state index contributed by atoms with van der Waals surface area (Å²) in [6.45, 7) is 5.91. The lowest BCUT2D eigenvalue weighted by Crippen LogP contribution is -2.18. The monoisotopic (exact) mass is 259 g/mol. The first kappa shape index (κ1) is 13.3. The maximum Gasteiger partial charge on any atom is 0.321 e. The van der Waals surface area contributed by atoms with Crippen LogP contribution in [-0.4, -0.2) is 27.8 Å². The number of hydrogen-bond donors (Lipinski definition) is 1. The molecule has 0 spiro atoms. The Hall–Kier alpha value is -2.17. The van der Waals surface area contributed by atoms with Gasteiger partial charge in [0, 0.05) is 0 Å². The molecule has 0 radical (unpaired) electrons. The van der Waals surface area contributed by atoms with E-state index >= 15 is 0 Å². The maximum atomic E-state index is 12.1. The number of aryl methyl sites for hydroxylation is 2. The summed E-state index contributed by atoms with van der Waals surface area (Å²) in [5, 5.41) is 6.85. The van der Waals surface area contributed by atoms with Gasteiger partial charge in [-0.05, 0) is 26.3 Å². The van der Waals surface area contributed by atoms with Crippen LogP contribution in [0, 0.1) is 13.8 Å². The van der Waals surface area contributed by atoms with Crippen molar-refractivity contribution in [3.63, 3.8) is 0 Å². The number of nitrogens with one attached hydrogen (secondary N) is 1. The Morgan fingerprint density at radius 3 is 2.79 bits per heavy atom. The summed E-state index contributed by atoms with van der Waals surface area (Å²) < 4.78 is 5.13. The number of aromatic nitrogens is 3. The Kier molecular flexibility index (Phi) is 3.94. The van der Waals surface area contributed by atoms with E-state index in [1.807, 2.05) is 31.2 Å². The molecule has 0 aliphatic heterocycles. The second-order valence-corrected chi connectivity index (χ2v) is 4.38. The van der Waals surface area contributed by atoms with Gasteiger partial charge in [0.25, 0.3) is 0 Å². The SMILES string of the molecule is CCOC(=O)C(c1cccc(C)c1)c1n[nH]c(C)n1. The summed E-state index contributed by atoms with van der Waals surface area (Å²) in [7, 11) is 0. The molecule has 2 aromatic rings. The summed E-state index contributed by atoms with van der Waals surface area (Å²) >= 11 is 0. The fourth-order valence-electron chi connectivity index (χ4n) is 1.95. The van der Waals surface area contributed by atoms with Gasteiger partial charge in [-0.1, -0.05) is 29.8 Å². The van der Waals surface area contributed by atoms with Gasteiger partial charge in [-0.25, -0.2) is 4.98 Å². The van der Waals surface area contributed by atoms with Crippen molar-refractivity contribution in [3.8, 4) is 0 Å². The van der Waals surface area contributed by atoms with E-state index in [9.17, 15) is 4.79 Å². The van der Waals surface area contributed by atoms with Crippen LogP contribution in [0.15, 0.2) is 24.3 Å². The third kappa shape index (κ3) is 2.99. The second kappa shape index (κ2) is 5.65.